The molecule has 0 unspecified atom stereocenters. The second-order valence-electron chi connectivity index (χ2n) is 3.95. The van der Waals surface area contributed by atoms with Crippen LogP contribution in [0.4, 0.5) is 0 Å². The third-order valence-corrected chi connectivity index (χ3v) is 2.66. The van der Waals surface area contributed by atoms with Gasteiger partial charge in [0, 0.05) is 12.0 Å². The van der Waals surface area contributed by atoms with E-state index in [0.717, 1.165) is 0 Å². The first-order chi connectivity index (χ1) is 9.22. The zero-order valence-electron chi connectivity index (χ0n) is 10.6. The van der Waals surface area contributed by atoms with Gasteiger partial charge in [-0.15, -0.1) is 0 Å². The molecule has 1 aromatic rings. The fraction of sp³-hybridized carbons (Fsp3) is 0.286. The van der Waals surface area contributed by atoms with E-state index in [4.69, 9.17) is 9.47 Å². The number of benzene rings is 1. The van der Waals surface area contributed by atoms with Crippen LogP contribution in [0.5, 0.6) is 0 Å². The van der Waals surface area contributed by atoms with Crippen molar-refractivity contribution in [1.82, 2.24) is 5.32 Å². The van der Waals surface area contributed by atoms with E-state index in [2.05, 4.69) is 5.32 Å². The SMILES string of the molecule is CCOC(=O)C1=C(NC(=O)c2ccccc2)OCC1. The monoisotopic (exact) mass is 261 g/mol. The van der Waals surface area contributed by atoms with Gasteiger partial charge >= 0.3 is 5.97 Å². The minimum absolute atomic E-state index is 0.201. The van der Waals surface area contributed by atoms with E-state index in [9.17, 15) is 9.59 Å². The van der Waals surface area contributed by atoms with Gasteiger partial charge in [-0.25, -0.2) is 4.79 Å². The van der Waals surface area contributed by atoms with Gasteiger partial charge in [-0.2, -0.15) is 0 Å². The van der Waals surface area contributed by atoms with Gasteiger partial charge in [-0.05, 0) is 19.1 Å². The molecule has 1 aromatic carbocycles. The third kappa shape index (κ3) is 3.13. The van der Waals surface area contributed by atoms with Crippen molar-refractivity contribution in [2.24, 2.45) is 0 Å². The summed E-state index contributed by atoms with van der Waals surface area (Å²) in [6.45, 7) is 2.40. The number of rotatable bonds is 4. The Balaban J connectivity index is 2.11. The van der Waals surface area contributed by atoms with Crippen molar-refractivity contribution in [3.63, 3.8) is 0 Å². The maximum Gasteiger partial charge on any atom is 0.339 e. The van der Waals surface area contributed by atoms with Crippen molar-refractivity contribution in [2.45, 2.75) is 13.3 Å². The Labute approximate surface area is 111 Å². The number of carbonyl (C=O) groups is 2. The van der Waals surface area contributed by atoms with Crippen LogP contribution in [0.25, 0.3) is 0 Å². The number of hydrogen-bond acceptors (Lipinski definition) is 4. The molecule has 0 atom stereocenters. The van der Waals surface area contributed by atoms with E-state index in [1.165, 1.54) is 0 Å². The summed E-state index contributed by atoms with van der Waals surface area (Å²) in [6.07, 6.45) is 0.448. The molecule has 19 heavy (non-hydrogen) atoms. The van der Waals surface area contributed by atoms with Crippen molar-refractivity contribution >= 4 is 11.9 Å². The summed E-state index contributed by atoms with van der Waals surface area (Å²) in [5, 5.41) is 2.60. The molecule has 0 aliphatic carbocycles. The second kappa shape index (κ2) is 6.04. The molecule has 1 aliphatic heterocycles. The zero-order chi connectivity index (χ0) is 13.7. The molecule has 0 aromatic heterocycles. The number of esters is 1. The van der Waals surface area contributed by atoms with Crippen molar-refractivity contribution in [1.29, 1.82) is 0 Å². The van der Waals surface area contributed by atoms with Crippen molar-refractivity contribution in [3.8, 4) is 0 Å². The van der Waals surface area contributed by atoms with Gasteiger partial charge in [0.15, 0.2) is 0 Å². The topological polar surface area (TPSA) is 64.6 Å². The van der Waals surface area contributed by atoms with E-state index in [1.807, 2.05) is 6.07 Å². The number of carbonyl (C=O) groups excluding carboxylic acids is 2. The van der Waals surface area contributed by atoms with Crippen LogP contribution in [0.3, 0.4) is 0 Å². The van der Waals surface area contributed by atoms with Crippen LogP contribution in [0, 0.1) is 0 Å². The van der Waals surface area contributed by atoms with Crippen LogP contribution in [0.15, 0.2) is 41.8 Å². The van der Waals surface area contributed by atoms with Gasteiger partial charge < -0.3 is 9.47 Å². The minimum Gasteiger partial charge on any atom is -0.478 e. The molecule has 0 bridgehead atoms. The molecule has 1 amide bonds. The molecule has 0 fully saturated rings. The molecule has 5 heteroatoms. The largest absolute Gasteiger partial charge is 0.478 e. The fourth-order valence-electron chi connectivity index (χ4n) is 1.75. The van der Waals surface area contributed by atoms with Crippen LogP contribution in [0.2, 0.25) is 0 Å². The molecule has 0 radical (unpaired) electrons. The molecule has 2 rings (SSSR count). The van der Waals surface area contributed by atoms with Crippen LogP contribution in [0.1, 0.15) is 23.7 Å². The average Bonchev–Trinajstić information content (AvgIpc) is 2.88. The van der Waals surface area contributed by atoms with E-state index in [0.29, 0.717) is 30.8 Å². The lowest BCUT2D eigenvalue weighted by Gasteiger charge is -2.08. The molecule has 1 N–H and O–H groups in total. The molecule has 0 spiro atoms. The van der Waals surface area contributed by atoms with E-state index >= 15 is 0 Å². The highest BCUT2D eigenvalue weighted by Crippen LogP contribution is 2.19. The molecule has 0 saturated carbocycles. The van der Waals surface area contributed by atoms with Crippen LogP contribution in [-0.4, -0.2) is 25.1 Å². The second-order valence-corrected chi connectivity index (χ2v) is 3.95. The molecule has 100 valence electrons. The van der Waals surface area contributed by atoms with Crippen LogP contribution in [-0.2, 0) is 14.3 Å². The minimum atomic E-state index is -0.441. The molecule has 0 saturated heterocycles. The lowest BCUT2D eigenvalue weighted by molar-refractivity contribution is -0.138. The van der Waals surface area contributed by atoms with Crippen LogP contribution >= 0.6 is 0 Å². The predicted molar refractivity (Wildman–Crippen MR) is 68.1 cm³/mol. The first kappa shape index (κ1) is 13.1. The summed E-state index contributed by atoms with van der Waals surface area (Å²) in [5.74, 6) is -0.546. The normalized spacial score (nSPS) is 13.9. The highest BCUT2D eigenvalue weighted by molar-refractivity contribution is 5.97. The molecule has 1 heterocycles. The lowest BCUT2D eigenvalue weighted by Crippen LogP contribution is -2.25. The van der Waals surface area contributed by atoms with Gasteiger partial charge in [0.05, 0.1) is 13.2 Å². The molecule has 5 nitrogen and oxygen atoms in total. The fourth-order valence-corrected chi connectivity index (χ4v) is 1.75. The molecule has 1 aliphatic rings. The van der Waals surface area contributed by atoms with Gasteiger partial charge in [0.25, 0.3) is 5.91 Å². The van der Waals surface area contributed by atoms with Gasteiger partial charge in [-0.3, -0.25) is 10.1 Å². The number of amides is 1. The highest BCUT2D eigenvalue weighted by Gasteiger charge is 2.25. The van der Waals surface area contributed by atoms with E-state index < -0.39 is 5.97 Å². The standard InChI is InChI=1S/C14H15NO4/c1-2-18-14(17)11-8-9-19-13(11)15-12(16)10-6-4-3-5-7-10/h3-7H,2,8-9H2,1H3,(H,15,16). The Morgan fingerprint density at radius 3 is 2.74 bits per heavy atom. The maximum absolute atomic E-state index is 11.9. The molecular formula is C14H15NO4. The Morgan fingerprint density at radius 1 is 1.32 bits per heavy atom. The molecular weight excluding hydrogens is 246 g/mol. The summed E-state index contributed by atoms with van der Waals surface area (Å²) in [5.41, 5.74) is 0.889. The van der Waals surface area contributed by atoms with Crippen LogP contribution < -0.4 is 5.32 Å². The van der Waals surface area contributed by atoms with E-state index in [-0.39, 0.29) is 11.8 Å². The van der Waals surface area contributed by atoms with Crippen molar-refractivity contribution in [2.75, 3.05) is 13.2 Å². The van der Waals surface area contributed by atoms with Gasteiger partial charge in [0.2, 0.25) is 5.88 Å². The number of nitrogens with one attached hydrogen (secondary N) is 1. The lowest BCUT2D eigenvalue weighted by atomic mass is 10.2. The zero-order valence-corrected chi connectivity index (χ0v) is 10.6. The summed E-state index contributed by atoms with van der Waals surface area (Å²) < 4.78 is 10.2. The summed E-state index contributed by atoms with van der Waals surface area (Å²) in [4.78, 5) is 23.6. The Hall–Kier alpha value is -2.30. The highest BCUT2D eigenvalue weighted by atomic mass is 16.5. The smallest absolute Gasteiger partial charge is 0.339 e. The van der Waals surface area contributed by atoms with Gasteiger partial charge in [0.1, 0.15) is 5.57 Å². The third-order valence-electron chi connectivity index (χ3n) is 2.66. The summed E-state index contributed by atoms with van der Waals surface area (Å²) in [6, 6.07) is 8.74. The Morgan fingerprint density at radius 2 is 2.05 bits per heavy atom. The first-order valence-corrected chi connectivity index (χ1v) is 6.12. The first-order valence-electron chi connectivity index (χ1n) is 6.12. The van der Waals surface area contributed by atoms with Crippen molar-refractivity contribution in [3.05, 3.63) is 47.4 Å². The Kier molecular flexibility index (Phi) is 4.18. The van der Waals surface area contributed by atoms with Crippen molar-refractivity contribution < 1.29 is 19.1 Å². The van der Waals surface area contributed by atoms with E-state index in [1.54, 1.807) is 31.2 Å². The summed E-state index contributed by atoms with van der Waals surface area (Å²) >= 11 is 0. The quantitative estimate of drug-likeness (QED) is 0.836. The predicted octanol–water partition coefficient (Wildman–Crippen LogP) is 1.61. The summed E-state index contributed by atoms with van der Waals surface area (Å²) in [7, 11) is 0. The maximum atomic E-state index is 11.9. The Bertz CT molecular complexity index is 507. The average molecular weight is 261 g/mol. The number of hydrogen-bond donors (Lipinski definition) is 1. The number of ether oxygens (including phenoxy) is 2. The van der Waals surface area contributed by atoms with Gasteiger partial charge in [-0.1, -0.05) is 18.2 Å².